The lowest BCUT2D eigenvalue weighted by Gasteiger charge is -2.31. The van der Waals surface area contributed by atoms with Crippen molar-refractivity contribution in [3.8, 4) is 5.75 Å². The first-order chi connectivity index (χ1) is 8.70. The van der Waals surface area contributed by atoms with Gasteiger partial charge >= 0.3 is 0 Å². The monoisotopic (exact) mass is 247 g/mol. The van der Waals surface area contributed by atoms with E-state index in [4.69, 9.17) is 10.5 Å². The van der Waals surface area contributed by atoms with Crippen molar-refractivity contribution in [3.05, 3.63) is 29.8 Å². The molecule has 2 heteroatoms. The molecule has 0 spiro atoms. The topological polar surface area (TPSA) is 35.2 Å². The minimum absolute atomic E-state index is 0.0712. The van der Waals surface area contributed by atoms with Crippen LogP contribution in [-0.2, 0) is 0 Å². The molecule has 0 bridgehead atoms. The van der Waals surface area contributed by atoms with Gasteiger partial charge in [-0.15, -0.1) is 0 Å². The van der Waals surface area contributed by atoms with Crippen LogP contribution in [0.15, 0.2) is 24.3 Å². The van der Waals surface area contributed by atoms with E-state index in [0.29, 0.717) is 6.10 Å². The molecule has 100 valence electrons. The Morgan fingerprint density at radius 1 is 1.33 bits per heavy atom. The lowest BCUT2D eigenvalue weighted by atomic mass is 9.85. The van der Waals surface area contributed by atoms with Gasteiger partial charge in [0.25, 0.3) is 0 Å². The molecule has 1 aromatic rings. The molecule has 0 heterocycles. The zero-order chi connectivity index (χ0) is 13.0. The van der Waals surface area contributed by atoms with Gasteiger partial charge in [0.2, 0.25) is 0 Å². The van der Waals surface area contributed by atoms with Gasteiger partial charge in [-0.1, -0.05) is 25.5 Å². The summed E-state index contributed by atoms with van der Waals surface area (Å²) in [7, 11) is 0. The Morgan fingerprint density at radius 2 is 2.11 bits per heavy atom. The summed E-state index contributed by atoms with van der Waals surface area (Å²) in [4.78, 5) is 0. The van der Waals surface area contributed by atoms with E-state index >= 15 is 0 Å². The van der Waals surface area contributed by atoms with Crippen LogP contribution in [0.2, 0.25) is 0 Å². The van der Waals surface area contributed by atoms with Gasteiger partial charge in [-0.3, -0.25) is 0 Å². The summed E-state index contributed by atoms with van der Waals surface area (Å²) in [6.45, 7) is 4.28. The van der Waals surface area contributed by atoms with Crippen molar-refractivity contribution >= 4 is 0 Å². The summed E-state index contributed by atoms with van der Waals surface area (Å²) < 4.78 is 6.19. The Bertz CT molecular complexity index is 375. The minimum Gasteiger partial charge on any atom is -0.490 e. The first-order valence-electron chi connectivity index (χ1n) is 7.23. The van der Waals surface area contributed by atoms with Gasteiger partial charge in [-0.25, -0.2) is 0 Å². The highest BCUT2D eigenvalue weighted by Crippen LogP contribution is 2.31. The highest BCUT2D eigenvalue weighted by atomic mass is 16.5. The zero-order valence-electron chi connectivity index (χ0n) is 11.6. The lowest BCUT2D eigenvalue weighted by Crippen LogP contribution is -2.29. The van der Waals surface area contributed by atoms with E-state index in [1.165, 1.54) is 32.1 Å². The molecule has 1 fully saturated rings. The van der Waals surface area contributed by atoms with Crippen LogP contribution >= 0.6 is 0 Å². The third-order valence-corrected chi connectivity index (χ3v) is 4.04. The predicted molar refractivity (Wildman–Crippen MR) is 75.7 cm³/mol. The number of benzene rings is 1. The van der Waals surface area contributed by atoms with Crippen LogP contribution in [0.3, 0.4) is 0 Å². The molecule has 0 aliphatic heterocycles. The van der Waals surface area contributed by atoms with Crippen molar-refractivity contribution in [3.63, 3.8) is 0 Å². The second-order valence-electron chi connectivity index (χ2n) is 5.47. The van der Waals surface area contributed by atoms with Crippen LogP contribution in [-0.4, -0.2) is 6.10 Å². The van der Waals surface area contributed by atoms with Crippen LogP contribution < -0.4 is 10.5 Å². The number of nitrogens with two attached hydrogens (primary N) is 1. The number of rotatable bonds is 4. The highest BCUT2D eigenvalue weighted by molar-refractivity contribution is 5.30. The molecular weight excluding hydrogens is 222 g/mol. The molecule has 1 aliphatic carbocycles. The minimum atomic E-state index is 0.0712. The van der Waals surface area contributed by atoms with Gasteiger partial charge in [0, 0.05) is 6.04 Å². The molecule has 1 aliphatic rings. The Hall–Kier alpha value is -1.02. The number of hydrogen-bond donors (Lipinski definition) is 1. The quantitative estimate of drug-likeness (QED) is 0.871. The maximum absolute atomic E-state index is 6.19. The van der Waals surface area contributed by atoms with Crippen LogP contribution in [0.4, 0.5) is 0 Å². The molecule has 18 heavy (non-hydrogen) atoms. The molecule has 1 aromatic carbocycles. The molecule has 2 nitrogen and oxygen atoms in total. The lowest BCUT2D eigenvalue weighted by molar-refractivity contribution is 0.0903. The molecule has 0 aromatic heterocycles. The van der Waals surface area contributed by atoms with E-state index in [2.05, 4.69) is 19.1 Å². The molecule has 3 atom stereocenters. The SMILES string of the molecule is CCC1CCCCC1Oc1cccc([C@@H](C)N)c1. The number of ether oxygens (including phenoxy) is 1. The zero-order valence-corrected chi connectivity index (χ0v) is 11.6. The average molecular weight is 247 g/mol. The molecule has 2 rings (SSSR count). The first kappa shape index (κ1) is 13.4. The fourth-order valence-electron chi connectivity index (χ4n) is 2.84. The van der Waals surface area contributed by atoms with Crippen LogP contribution in [0.25, 0.3) is 0 Å². The summed E-state index contributed by atoms with van der Waals surface area (Å²) in [5.74, 6) is 1.70. The average Bonchev–Trinajstić information content (AvgIpc) is 2.39. The maximum Gasteiger partial charge on any atom is 0.120 e. The van der Waals surface area contributed by atoms with Gasteiger partial charge in [0.15, 0.2) is 0 Å². The highest BCUT2D eigenvalue weighted by Gasteiger charge is 2.25. The van der Waals surface area contributed by atoms with E-state index in [1.54, 1.807) is 0 Å². The fourth-order valence-corrected chi connectivity index (χ4v) is 2.84. The van der Waals surface area contributed by atoms with Crippen molar-refractivity contribution in [1.82, 2.24) is 0 Å². The maximum atomic E-state index is 6.19. The smallest absolute Gasteiger partial charge is 0.120 e. The van der Waals surface area contributed by atoms with Crippen molar-refractivity contribution in [1.29, 1.82) is 0 Å². The number of hydrogen-bond acceptors (Lipinski definition) is 2. The fraction of sp³-hybridized carbons (Fsp3) is 0.625. The summed E-state index contributed by atoms with van der Waals surface area (Å²) >= 11 is 0. The normalized spacial score (nSPS) is 25.7. The molecule has 2 N–H and O–H groups in total. The van der Waals surface area contributed by atoms with E-state index < -0.39 is 0 Å². The van der Waals surface area contributed by atoms with E-state index in [9.17, 15) is 0 Å². The Labute approximate surface area is 111 Å². The second kappa shape index (κ2) is 6.24. The second-order valence-corrected chi connectivity index (χ2v) is 5.47. The van der Waals surface area contributed by atoms with Crippen molar-refractivity contribution in [2.45, 2.75) is 58.1 Å². The predicted octanol–water partition coefficient (Wildman–Crippen LogP) is 4.05. The van der Waals surface area contributed by atoms with Gasteiger partial charge < -0.3 is 10.5 Å². The molecular formula is C16H25NO. The summed E-state index contributed by atoms with van der Waals surface area (Å²) in [5.41, 5.74) is 7.06. The first-order valence-corrected chi connectivity index (χ1v) is 7.23. The van der Waals surface area contributed by atoms with Crippen LogP contribution in [0, 0.1) is 5.92 Å². The Balaban J connectivity index is 2.05. The van der Waals surface area contributed by atoms with Gasteiger partial charge in [0.1, 0.15) is 11.9 Å². The Morgan fingerprint density at radius 3 is 2.83 bits per heavy atom. The molecule has 2 unspecified atom stereocenters. The van der Waals surface area contributed by atoms with E-state index in [1.807, 2.05) is 19.1 Å². The van der Waals surface area contributed by atoms with Crippen molar-refractivity contribution in [2.75, 3.05) is 0 Å². The largest absolute Gasteiger partial charge is 0.490 e. The van der Waals surface area contributed by atoms with Gasteiger partial charge in [0.05, 0.1) is 0 Å². The molecule has 1 saturated carbocycles. The van der Waals surface area contributed by atoms with Crippen LogP contribution in [0.5, 0.6) is 5.75 Å². The van der Waals surface area contributed by atoms with E-state index in [0.717, 1.165) is 17.2 Å². The Kier molecular flexibility index (Phi) is 4.65. The molecule has 0 radical (unpaired) electrons. The standard InChI is InChI=1S/C16H25NO/c1-3-13-7-4-5-10-16(13)18-15-9-6-8-14(11-15)12(2)17/h6,8-9,11-13,16H,3-5,7,10,17H2,1-2H3/t12-,13?,16?/m1/s1. The van der Waals surface area contributed by atoms with Gasteiger partial charge in [-0.05, 0) is 56.2 Å². The van der Waals surface area contributed by atoms with E-state index in [-0.39, 0.29) is 6.04 Å². The van der Waals surface area contributed by atoms with Crippen molar-refractivity contribution in [2.24, 2.45) is 11.7 Å². The summed E-state index contributed by atoms with van der Waals surface area (Å²) in [5, 5.41) is 0. The molecule has 0 saturated heterocycles. The third-order valence-electron chi connectivity index (χ3n) is 4.04. The molecule has 0 amide bonds. The third kappa shape index (κ3) is 3.26. The summed E-state index contributed by atoms with van der Waals surface area (Å²) in [6, 6.07) is 8.31. The summed E-state index contributed by atoms with van der Waals surface area (Å²) in [6.07, 6.45) is 6.78. The van der Waals surface area contributed by atoms with Gasteiger partial charge in [-0.2, -0.15) is 0 Å². The van der Waals surface area contributed by atoms with Crippen molar-refractivity contribution < 1.29 is 4.74 Å². The van der Waals surface area contributed by atoms with Crippen LogP contribution in [0.1, 0.15) is 57.6 Å².